The second-order valence-electron chi connectivity index (χ2n) is 9.41. The molecule has 0 fully saturated rings. The lowest BCUT2D eigenvalue weighted by Gasteiger charge is -2.27. The molecule has 0 amide bonds. The number of nitrogens with two attached hydrogens (primary N) is 1. The van der Waals surface area contributed by atoms with Gasteiger partial charge in [0.15, 0.2) is 11.5 Å². The van der Waals surface area contributed by atoms with Gasteiger partial charge in [-0.05, 0) is 50.8 Å². The quantitative estimate of drug-likeness (QED) is 0.124. The van der Waals surface area contributed by atoms with Crippen LogP contribution in [0.15, 0.2) is 18.2 Å². The molecule has 0 saturated heterocycles. The van der Waals surface area contributed by atoms with E-state index >= 15 is 0 Å². The van der Waals surface area contributed by atoms with Crippen LogP contribution < -0.4 is 15.2 Å². The molecular weight excluding hydrogens is 510 g/mol. The maximum atomic E-state index is 12.6. The second kappa shape index (κ2) is 17.3. The highest BCUT2D eigenvalue weighted by molar-refractivity contribution is 5.81. The van der Waals surface area contributed by atoms with Crippen molar-refractivity contribution in [1.29, 1.82) is 0 Å². The number of carbonyl (C=O) groups excluding carboxylic acids is 4. The minimum Gasteiger partial charge on any atom is -0.468 e. The number of benzene rings is 1. The van der Waals surface area contributed by atoms with Crippen molar-refractivity contribution in [2.24, 2.45) is 5.73 Å². The van der Waals surface area contributed by atoms with Gasteiger partial charge < -0.3 is 34.2 Å². The van der Waals surface area contributed by atoms with Crippen LogP contribution in [0, 0.1) is 0 Å². The van der Waals surface area contributed by atoms with Gasteiger partial charge >= 0.3 is 24.2 Å². The third kappa shape index (κ3) is 12.4. The van der Waals surface area contributed by atoms with E-state index in [4.69, 9.17) is 34.2 Å². The van der Waals surface area contributed by atoms with E-state index in [1.54, 1.807) is 19.9 Å². The lowest BCUT2D eigenvalue weighted by molar-refractivity contribution is -0.151. The fourth-order valence-corrected chi connectivity index (χ4v) is 3.32. The molecule has 0 aliphatic rings. The molecule has 11 heteroatoms. The largest absolute Gasteiger partial charge is 0.514 e. The molecule has 0 heterocycles. The zero-order chi connectivity index (χ0) is 29.4. The van der Waals surface area contributed by atoms with Gasteiger partial charge in [-0.15, -0.1) is 0 Å². The van der Waals surface area contributed by atoms with Gasteiger partial charge in [-0.2, -0.15) is 0 Å². The summed E-state index contributed by atoms with van der Waals surface area (Å²) in [6, 6.07) is 4.36. The molecular formula is C28H43NO10. The molecule has 1 aromatic carbocycles. The molecule has 0 aromatic heterocycles. The summed E-state index contributed by atoms with van der Waals surface area (Å²) >= 11 is 0. The van der Waals surface area contributed by atoms with E-state index in [0.29, 0.717) is 18.4 Å². The molecule has 39 heavy (non-hydrogen) atoms. The molecule has 2 N–H and O–H groups in total. The van der Waals surface area contributed by atoms with Crippen LogP contribution in [0.2, 0.25) is 0 Å². The van der Waals surface area contributed by atoms with Gasteiger partial charge in [0.25, 0.3) is 0 Å². The number of hydrogen-bond acceptors (Lipinski definition) is 11. The molecule has 3 atom stereocenters. The standard InChI is InChI=1S/C28H43NO10/c1-7-10-11-12-24(30)35-16-15-28(29,25(31)34-6)18-21-13-14-22(38-26(32)36-19(4)8-2)23(17-21)39-27(33)37-20(5)9-3/h13-14,17,19-20H,7-12,15-16,18,29H2,1-6H3/t19?,20?,28-/m1/s1. The van der Waals surface area contributed by atoms with Crippen LogP contribution in [0.4, 0.5) is 9.59 Å². The van der Waals surface area contributed by atoms with Gasteiger partial charge in [0, 0.05) is 19.3 Å². The summed E-state index contributed by atoms with van der Waals surface area (Å²) in [5.74, 6) is -1.29. The Kier molecular flexibility index (Phi) is 14.9. The number of carbonyl (C=O) groups is 4. The Morgan fingerprint density at radius 2 is 1.49 bits per heavy atom. The molecule has 0 spiro atoms. The Labute approximate surface area is 230 Å². The number of unbranched alkanes of at least 4 members (excludes halogenated alkanes) is 2. The molecule has 0 saturated carbocycles. The van der Waals surface area contributed by atoms with Gasteiger partial charge in [0.1, 0.15) is 17.7 Å². The second-order valence-corrected chi connectivity index (χ2v) is 9.41. The molecule has 0 radical (unpaired) electrons. The average molecular weight is 554 g/mol. The van der Waals surface area contributed by atoms with Crippen molar-refractivity contribution in [3.8, 4) is 11.5 Å². The Morgan fingerprint density at radius 3 is 2.03 bits per heavy atom. The number of hydrogen-bond donors (Lipinski definition) is 1. The monoisotopic (exact) mass is 553 g/mol. The highest BCUT2D eigenvalue weighted by atomic mass is 16.7. The maximum absolute atomic E-state index is 12.6. The van der Waals surface area contributed by atoms with E-state index in [2.05, 4.69) is 0 Å². The fourth-order valence-electron chi connectivity index (χ4n) is 3.32. The van der Waals surface area contributed by atoms with Crippen LogP contribution in [0.5, 0.6) is 11.5 Å². The van der Waals surface area contributed by atoms with Crippen molar-refractivity contribution in [3.05, 3.63) is 23.8 Å². The highest BCUT2D eigenvalue weighted by Gasteiger charge is 2.36. The first-order valence-electron chi connectivity index (χ1n) is 13.4. The van der Waals surface area contributed by atoms with E-state index in [1.165, 1.54) is 19.2 Å². The third-order valence-corrected chi connectivity index (χ3v) is 6.05. The average Bonchev–Trinajstić information content (AvgIpc) is 2.89. The van der Waals surface area contributed by atoms with Crippen molar-refractivity contribution < 1.29 is 47.6 Å². The lowest BCUT2D eigenvalue weighted by Crippen LogP contribution is -2.51. The smallest absolute Gasteiger partial charge is 0.468 e. The van der Waals surface area contributed by atoms with E-state index in [1.807, 2.05) is 20.8 Å². The van der Waals surface area contributed by atoms with E-state index in [9.17, 15) is 19.2 Å². The van der Waals surface area contributed by atoms with Crippen molar-refractivity contribution in [2.45, 2.75) is 104 Å². The van der Waals surface area contributed by atoms with Gasteiger partial charge in [-0.25, -0.2) is 9.59 Å². The Morgan fingerprint density at radius 1 is 0.897 bits per heavy atom. The molecule has 0 bridgehead atoms. The number of rotatable bonds is 16. The van der Waals surface area contributed by atoms with Crippen molar-refractivity contribution in [1.82, 2.24) is 0 Å². The van der Waals surface area contributed by atoms with Gasteiger partial charge in [0.2, 0.25) is 0 Å². The third-order valence-electron chi connectivity index (χ3n) is 6.05. The molecule has 0 aliphatic carbocycles. The summed E-state index contributed by atoms with van der Waals surface area (Å²) in [5.41, 5.74) is 5.33. The Balaban J connectivity index is 3.13. The first-order valence-corrected chi connectivity index (χ1v) is 13.4. The normalized spacial score (nSPS) is 13.8. The van der Waals surface area contributed by atoms with Crippen LogP contribution in [0.1, 0.15) is 85.1 Å². The van der Waals surface area contributed by atoms with Crippen molar-refractivity contribution in [3.63, 3.8) is 0 Å². The minimum absolute atomic E-state index is 0.00901. The van der Waals surface area contributed by atoms with Crippen LogP contribution in [0.3, 0.4) is 0 Å². The van der Waals surface area contributed by atoms with E-state index in [-0.39, 0.29) is 49.4 Å². The van der Waals surface area contributed by atoms with Crippen LogP contribution in [0.25, 0.3) is 0 Å². The minimum atomic E-state index is -1.55. The first-order chi connectivity index (χ1) is 18.5. The lowest BCUT2D eigenvalue weighted by atomic mass is 9.88. The number of esters is 2. The van der Waals surface area contributed by atoms with Crippen LogP contribution in [-0.4, -0.2) is 55.7 Å². The predicted octanol–water partition coefficient (Wildman–Crippen LogP) is 5.24. The molecule has 0 aliphatic heterocycles. The van der Waals surface area contributed by atoms with E-state index in [0.717, 1.165) is 19.3 Å². The zero-order valence-corrected chi connectivity index (χ0v) is 23.9. The number of methoxy groups -OCH3 is 1. The molecule has 2 unspecified atom stereocenters. The van der Waals surface area contributed by atoms with Gasteiger partial charge in [-0.1, -0.05) is 39.7 Å². The summed E-state index contributed by atoms with van der Waals surface area (Å²) in [7, 11) is 1.21. The molecule has 220 valence electrons. The highest BCUT2D eigenvalue weighted by Crippen LogP contribution is 2.31. The van der Waals surface area contributed by atoms with Crippen molar-refractivity contribution >= 4 is 24.2 Å². The SMILES string of the molecule is CCCCCC(=O)OCC[C@@](N)(Cc1ccc(OC(=O)OC(C)CC)c(OC(=O)OC(C)CC)c1)C(=O)OC. The maximum Gasteiger partial charge on any atom is 0.514 e. The molecule has 11 nitrogen and oxygen atoms in total. The first kappa shape index (κ1) is 33.7. The zero-order valence-electron chi connectivity index (χ0n) is 23.9. The predicted molar refractivity (Wildman–Crippen MR) is 143 cm³/mol. The van der Waals surface area contributed by atoms with Crippen LogP contribution >= 0.6 is 0 Å². The summed E-state index contributed by atoms with van der Waals surface area (Å²) < 4.78 is 31.1. The number of ether oxygens (including phenoxy) is 6. The summed E-state index contributed by atoms with van der Waals surface area (Å²) in [4.78, 5) is 49.1. The Bertz CT molecular complexity index is 950. The van der Waals surface area contributed by atoms with Crippen LogP contribution in [-0.2, 0) is 35.0 Å². The molecule has 1 aromatic rings. The summed E-state index contributed by atoms with van der Waals surface area (Å²) in [5, 5.41) is 0. The Hall–Kier alpha value is -3.34. The topological polar surface area (TPSA) is 150 Å². The van der Waals surface area contributed by atoms with Gasteiger partial charge in [-0.3, -0.25) is 9.59 Å². The van der Waals surface area contributed by atoms with Crippen molar-refractivity contribution in [2.75, 3.05) is 13.7 Å². The van der Waals surface area contributed by atoms with Gasteiger partial charge in [0.05, 0.1) is 13.7 Å². The van der Waals surface area contributed by atoms with E-state index < -0.39 is 29.9 Å². The summed E-state index contributed by atoms with van der Waals surface area (Å²) in [6.45, 7) is 9.06. The molecule has 1 rings (SSSR count). The summed E-state index contributed by atoms with van der Waals surface area (Å²) in [6.07, 6.45) is 1.25. The fraction of sp³-hybridized carbons (Fsp3) is 0.643.